The van der Waals surface area contributed by atoms with E-state index in [1.54, 1.807) is 4.90 Å². The Morgan fingerprint density at radius 2 is 1.89 bits per heavy atom. The van der Waals surface area contributed by atoms with Crippen LogP contribution in [0, 0.1) is 0 Å². The van der Waals surface area contributed by atoms with Crippen molar-refractivity contribution in [3.8, 4) is 11.4 Å². The molecule has 1 aromatic heterocycles. The van der Waals surface area contributed by atoms with Gasteiger partial charge in [0.25, 0.3) is 0 Å². The van der Waals surface area contributed by atoms with E-state index in [9.17, 15) is 9.59 Å². The number of hydrogen-bond acceptors (Lipinski definition) is 7. The van der Waals surface area contributed by atoms with Crippen LogP contribution < -0.4 is 4.90 Å². The van der Waals surface area contributed by atoms with Gasteiger partial charge in [0, 0.05) is 43.5 Å². The molecule has 1 fully saturated rings. The molecule has 194 valence electrons. The third-order valence-electron chi connectivity index (χ3n) is 6.47. The summed E-state index contributed by atoms with van der Waals surface area (Å²) in [5.41, 5.74) is 3.32. The average Bonchev–Trinajstić information content (AvgIpc) is 2.83. The number of benzene rings is 1. The van der Waals surface area contributed by atoms with Crippen LogP contribution in [0.15, 0.2) is 24.3 Å². The highest BCUT2D eigenvalue weighted by molar-refractivity contribution is 5.81. The number of nitrogens with zero attached hydrogens (tertiary/aromatic N) is 4. The second-order valence-corrected chi connectivity index (χ2v) is 10.7. The maximum atomic E-state index is 12.8. The van der Waals surface area contributed by atoms with Gasteiger partial charge < -0.3 is 19.3 Å². The highest BCUT2D eigenvalue weighted by Gasteiger charge is 2.32. The molecule has 0 unspecified atom stereocenters. The number of Topliss-reactive ketones (excluding diaryl/α,β-unsaturated/α-hetero) is 1. The van der Waals surface area contributed by atoms with Crippen LogP contribution in [0.25, 0.3) is 11.4 Å². The first-order valence-corrected chi connectivity index (χ1v) is 13.0. The van der Waals surface area contributed by atoms with Gasteiger partial charge in [-0.1, -0.05) is 31.2 Å². The van der Waals surface area contributed by atoms with E-state index >= 15 is 0 Å². The fourth-order valence-corrected chi connectivity index (χ4v) is 4.65. The second kappa shape index (κ2) is 10.9. The van der Waals surface area contributed by atoms with Crippen molar-refractivity contribution in [3.05, 3.63) is 41.1 Å². The molecule has 0 radical (unpaired) electrons. The van der Waals surface area contributed by atoms with E-state index in [4.69, 9.17) is 19.4 Å². The summed E-state index contributed by atoms with van der Waals surface area (Å²) in [5, 5.41) is 0. The van der Waals surface area contributed by atoms with Crippen molar-refractivity contribution >= 4 is 17.7 Å². The standard InChI is InChI=1S/C28H38N4O4/c1-6-7-22(33)16-20-8-10-21(11-9-20)25-29-24-12-13-31(27(34)36-28(3,4)5)17-23(24)26(30-25)32-14-15-35-18-19(32)2/h8-11,19H,6-7,12-18H2,1-5H3/t19-/m0/s1. The number of ketones is 1. The summed E-state index contributed by atoms with van der Waals surface area (Å²) in [7, 11) is 0. The van der Waals surface area contributed by atoms with Crippen LogP contribution >= 0.6 is 0 Å². The highest BCUT2D eigenvalue weighted by Crippen LogP contribution is 2.32. The SMILES string of the molecule is CCCC(=O)Cc1ccc(-c2nc3c(c(N4CCOC[C@@H]4C)n2)CN(C(=O)OC(C)(C)C)CC3)cc1. The minimum atomic E-state index is -0.549. The summed E-state index contributed by atoms with van der Waals surface area (Å²) in [6.45, 7) is 12.8. The topological polar surface area (TPSA) is 84.9 Å². The third kappa shape index (κ3) is 6.22. The first-order valence-electron chi connectivity index (χ1n) is 13.0. The van der Waals surface area contributed by atoms with Gasteiger partial charge in [0.2, 0.25) is 0 Å². The lowest BCUT2D eigenvalue weighted by molar-refractivity contribution is -0.118. The Labute approximate surface area is 214 Å². The molecule has 2 aliphatic heterocycles. The predicted octanol–water partition coefficient (Wildman–Crippen LogP) is 4.57. The Bertz CT molecular complexity index is 1090. The van der Waals surface area contributed by atoms with E-state index in [1.165, 1.54) is 0 Å². The van der Waals surface area contributed by atoms with Crippen molar-refractivity contribution in [2.75, 3.05) is 31.2 Å². The molecule has 0 bridgehead atoms. The van der Waals surface area contributed by atoms with E-state index in [-0.39, 0.29) is 17.9 Å². The second-order valence-electron chi connectivity index (χ2n) is 10.7. The molecule has 0 spiro atoms. The molecule has 1 aromatic carbocycles. The summed E-state index contributed by atoms with van der Waals surface area (Å²) in [6, 6.07) is 8.14. The summed E-state index contributed by atoms with van der Waals surface area (Å²) in [5.74, 6) is 1.79. The number of aromatic nitrogens is 2. The van der Waals surface area contributed by atoms with Crippen LogP contribution in [0.2, 0.25) is 0 Å². The number of carbonyl (C=O) groups is 2. The summed E-state index contributed by atoms with van der Waals surface area (Å²) in [6.07, 6.45) is 2.26. The van der Waals surface area contributed by atoms with E-state index in [0.29, 0.717) is 51.4 Å². The van der Waals surface area contributed by atoms with Gasteiger partial charge in [-0.2, -0.15) is 0 Å². The average molecular weight is 495 g/mol. The molecule has 4 rings (SSSR count). The molecule has 1 saturated heterocycles. The van der Waals surface area contributed by atoms with Gasteiger partial charge in [-0.05, 0) is 39.7 Å². The number of ether oxygens (including phenoxy) is 2. The predicted molar refractivity (Wildman–Crippen MR) is 139 cm³/mol. The van der Waals surface area contributed by atoms with Gasteiger partial charge >= 0.3 is 6.09 Å². The van der Waals surface area contributed by atoms with E-state index in [2.05, 4.69) is 11.8 Å². The Morgan fingerprint density at radius 3 is 2.56 bits per heavy atom. The van der Waals surface area contributed by atoms with Crippen molar-refractivity contribution in [1.82, 2.24) is 14.9 Å². The van der Waals surface area contributed by atoms with Gasteiger partial charge in [-0.3, -0.25) is 4.79 Å². The van der Waals surface area contributed by atoms with Crippen LogP contribution in [0.1, 0.15) is 64.3 Å². The smallest absolute Gasteiger partial charge is 0.410 e. The van der Waals surface area contributed by atoms with Gasteiger partial charge in [-0.15, -0.1) is 0 Å². The Kier molecular flexibility index (Phi) is 7.93. The zero-order valence-corrected chi connectivity index (χ0v) is 22.2. The highest BCUT2D eigenvalue weighted by atomic mass is 16.6. The minimum absolute atomic E-state index is 0.162. The Balaban J connectivity index is 1.66. The number of anilines is 1. The molecule has 36 heavy (non-hydrogen) atoms. The molecule has 3 heterocycles. The van der Waals surface area contributed by atoms with Crippen molar-refractivity contribution < 1.29 is 19.1 Å². The Hall–Kier alpha value is -3.00. The maximum absolute atomic E-state index is 12.8. The molecular formula is C28H38N4O4. The molecular weight excluding hydrogens is 456 g/mol. The molecule has 0 aliphatic carbocycles. The van der Waals surface area contributed by atoms with Crippen molar-refractivity contribution in [2.45, 2.75) is 78.5 Å². The van der Waals surface area contributed by atoms with Gasteiger partial charge in [0.15, 0.2) is 5.82 Å². The molecule has 8 heteroatoms. The van der Waals surface area contributed by atoms with Gasteiger partial charge in [0.1, 0.15) is 17.2 Å². The Morgan fingerprint density at radius 1 is 1.14 bits per heavy atom. The number of amides is 1. The number of fused-ring (bicyclic) bond motifs is 1. The van der Waals surface area contributed by atoms with E-state index in [0.717, 1.165) is 41.2 Å². The van der Waals surface area contributed by atoms with Crippen LogP contribution in [0.3, 0.4) is 0 Å². The quantitative estimate of drug-likeness (QED) is 0.581. The number of morpholine rings is 1. The van der Waals surface area contributed by atoms with Crippen LogP contribution in [-0.4, -0.2) is 64.7 Å². The first-order chi connectivity index (χ1) is 17.1. The van der Waals surface area contributed by atoms with E-state index in [1.807, 2.05) is 52.0 Å². The lowest BCUT2D eigenvalue weighted by Crippen LogP contribution is -2.46. The zero-order chi connectivity index (χ0) is 25.9. The number of rotatable bonds is 6. The largest absolute Gasteiger partial charge is 0.444 e. The number of hydrogen-bond donors (Lipinski definition) is 0. The molecule has 2 aliphatic rings. The van der Waals surface area contributed by atoms with Gasteiger partial charge in [-0.25, -0.2) is 14.8 Å². The molecule has 1 amide bonds. The maximum Gasteiger partial charge on any atom is 0.410 e. The summed E-state index contributed by atoms with van der Waals surface area (Å²) >= 11 is 0. The molecule has 8 nitrogen and oxygen atoms in total. The molecule has 2 aromatic rings. The fourth-order valence-electron chi connectivity index (χ4n) is 4.65. The van der Waals surface area contributed by atoms with Crippen LogP contribution in [0.5, 0.6) is 0 Å². The summed E-state index contributed by atoms with van der Waals surface area (Å²) < 4.78 is 11.3. The van der Waals surface area contributed by atoms with Crippen LogP contribution in [-0.2, 0) is 33.7 Å². The first kappa shape index (κ1) is 26.1. The van der Waals surface area contributed by atoms with Gasteiger partial charge in [0.05, 0.1) is 31.5 Å². The van der Waals surface area contributed by atoms with E-state index < -0.39 is 5.60 Å². The fraction of sp³-hybridized carbons (Fsp3) is 0.571. The lowest BCUT2D eigenvalue weighted by Gasteiger charge is -2.38. The lowest BCUT2D eigenvalue weighted by atomic mass is 10.0. The molecule has 1 atom stereocenters. The van der Waals surface area contributed by atoms with Crippen molar-refractivity contribution in [3.63, 3.8) is 0 Å². The zero-order valence-electron chi connectivity index (χ0n) is 22.2. The number of carbonyl (C=O) groups excluding carboxylic acids is 2. The monoisotopic (exact) mass is 494 g/mol. The van der Waals surface area contributed by atoms with Crippen molar-refractivity contribution in [1.29, 1.82) is 0 Å². The third-order valence-corrected chi connectivity index (χ3v) is 6.47. The molecule has 0 N–H and O–H groups in total. The van der Waals surface area contributed by atoms with Crippen molar-refractivity contribution in [2.24, 2.45) is 0 Å². The normalized spacial score (nSPS) is 18.1. The molecule has 0 saturated carbocycles. The minimum Gasteiger partial charge on any atom is -0.444 e. The summed E-state index contributed by atoms with van der Waals surface area (Å²) in [4.78, 5) is 38.9. The van der Waals surface area contributed by atoms with Crippen LogP contribution in [0.4, 0.5) is 10.6 Å².